The number of hydrazine groups is 1. The van der Waals surface area contributed by atoms with Gasteiger partial charge in [-0.15, -0.1) is 0 Å². The molecule has 20 heavy (non-hydrogen) atoms. The van der Waals surface area contributed by atoms with Crippen LogP contribution in [0.4, 0.5) is 4.79 Å². The van der Waals surface area contributed by atoms with Gasteiger partial charge in [-0.25, -0.2) is 20.4 Å². The molecule has 0 aliphatic carbocycles. The summed E-state index contributed by atoms with van der Waals surface area (Å²) in [5, 5.41) is 9.23. The van der Waals surface area contributed by atoms with Gasteiger partial charge in [-0.3, -0.25) is 4.79 Å². The van der Waals surface area contributed by atoms with Gasteiger partial charge in [0.15, 0.2) is 6.04 Å². The van der Waals surface area contributed by atoms with Crippen molar-refractivity contribution in [2.75, 3.05) is 0 Å². The van der Waals surface area contributed by atoms with Crippen LogP contribution in [0.1, 0.15) is 12.0 Å². The summed E-state index contributed by atoms with van der Waals surface area (Å²) in [6, 6.07) is 7.22. The van der Waals surface area contributed by atoms with E-state index in [1.54, 1.807) is 30.3 Å². The Kier molecular flexibility index (Phi) is 5.48. The monoisotopic (exact) mass is 281 g/mol. The molecule has 0 unspecified atom stereocenters. The molecule has 8 nitrogen and oxygen atoms in total. The third-order valence-electron chi connectivity index (χ3n) is 2.43. The van der Waals surface area contributed by atoms with Crippen LogP contribution in [0.25, 0.3) is 0 Å². The fraction of sp³-hybridized carbons (Fsp3) is 0.250. The first-order valence-electron chi connectivity index (χ1n) is 5.67. The zero-order valence-corrected chi connectivity index (χ0v) is 10.6. The lowest BCUT2D eigenvalue weighted by Gasteiger charge is -2.22. The lowest BCUT2D eigenvalue weighted by molar-refractivity contribution is -0.144. The molecule has 5 N–H and O–H groups in total. The standard InChI is InChI=1S/C12H15N3O5/c13-10(16)6-9(11(17)18)15(14)12(19)20-7-8-4-2-1-3-5-8/h1-5,9H,6-7,14H2,(H2,13,16)(H,17,18)/t9-/m0/s1. The molecule has 1 rings (SSSR count). The molecule has 0 aliphatic rings. The van der Waals surface area contributed by atoms with Gasteiger partial charge < -0.3 is 15.6 Å². The Labute approximate surface area is 114 Å². The van der Waals surface area contributed by atoms with Crippen molar-refractivity contribution in [3.63, 3.8) is 0 Å². The molecule has 0 aliphatic heterocycles. The number of carboxylic acid groups (broad SMARTS) is 1. The topological polar surface area (TPSA) is 136 Å². The smallest absolute Gasteiger partial charge is 0.425 e. The van der Waals surface area contributed by atoms with Gasteiger partial charge in [-0.05, 0) is 5.56 Å². The van der Waals surface area contributed by atoms with E-state index in [1.165, 1.54) is 0 Å². The first-order chi connectivity index (χ1) is 9.41. The average Bonchev–Trinajstić information content (AvgIpc) is 2.42. The van der Waals surface area contributed by atoms with Crippen LogP contribution in [0.3, 0.4) is 0 Å². The number of amides is 2. The molecule has 2 amide bonds. The third-order valence-corrected chi connectivity index (χ3v) is 2.43. The van der Waals surface area contributed by atoms with E-state index in [-0.39, 0.29) is 6.61 Å². The summed E-state index contributed by atoms with van der Waals surface area (Å²) in [6.07, 6.45) is -1.64. The Balaban J connectivity index is 2.60. The zero-order valence-electron chi connectivity index (χ0n) is 10.6. The maximum absolute atomic E-state index is 11.6. The molecule has 108 valence electrons. The lowest BCUT2D eigenvalue weighted by Crippen LogP contribution is -2.51. The summed E-state index contributed by atoms with van der Waals surface area (Å²) in [6.45, 7) is -0.0592. The van der Waals surface area contributed by atoms with E-state index in [0.717, 1.165) is 5.56 Å². The van der Waals surface area contributed by atoms with Crippen LogP contribution in [0.15, 0.2) is 30.3 Å². The summed E-state index contributed by atoms with van der Waals surface area (Å²) >= 11 is 0. The number of carbonyl (C=O) groups is 3. The van der Waals surface area contributed by atoms with Crippen molar-refractivity contribution in [3.05, 3.63) is 35.9 Å². The fourth-order valence-corrected chi connectivity index (χ4v) is 1.42. The molecule has 0 spiro atoms. The number of carbonyl (C=O) groups excluding carboxylic acids is 2. The lowest BCUT2D eigenvalue weighted by atomic mass is 10.2. The van der Waals surface area contributed by atoms with Gasteiger partial charge in [-0.1, -0.05) is 30.3 Å². The highest BCUT2D eigenvalue weighted by Gasteiger charge is 2.30. The number of hydrogen-bond acceptors (Lipinski definition) is 5. The Hall–Kier alpha value is -2.61. The summed E-state index contributed by atoms with van der Waals surface area (Å²) in [4.78, 5) is 33.3. The van der Waals surface area contributed by atoms with E-state index in [4.69, 9.17) is 21.4 Å². The van der Waals surface area contributed by atoms with Gasteiger partial charge in [0.1, 0.15) is 6.61 Å². The van der Waals surface area contributed by atoms with Crippen LogP contribution in [0.5, 0.6) is 0 Å². The second-order valence-electron chi connectivity index (χ2n) is 3.97. The molecular formula is C12H15N3O5. The van der Waals surface area contributed by atoms with E-state index in [2.05, 4.69) is 0 Å². The highest BCUT2D eigenvalue weighted by Crippen LogP contribution is 2.06. The van der Waals surface area contributed by atoms with Crippen molar-refractivity contribution < 1.29 is 24.2 Å². The Morgan fingerprint density at radius 1 is 1.25 bits per heavy atom. The second kappa shape index (κ2) is 7.10. The number of nitrogens with zero attached hydrogens (tertiary/aromatic N) is 1. The predicted octanol–water partition coefficient (Wildman–Crippen LogP) is -0.172. The van der Waals surface area contributed by atoms with E-state index in [9.17, 15) is 14.4 Å². The van der Waals surface area contributed by atoms with Crippen molar-refractivity contribution >= 4 is 18.0 Å². The molecule has 0 saturated heterocycles. The molecule has 0 heterocycles. The summed E-state index contributed by atoms with van der Waals surface area (Å²) in [5.41, 5.74) is 5.62. The molecule has 1 atom stereocenters. The fourth-order valence-electron chi connectivity index (χ4n) is 1.42. The van der Waals surface area contributed by atoms with Gasteiger partial charge >= 0.3 is 12.1 Å². The quantitative estimate of drug-likeness (QED) is 0.376. The Bertz CT molecular complexity index is 491. The Morgan fingerprint density at radius 3 is 2.35 bits per heavy atom. The van der Waals surface area contributed by atoms with Crippen LogP contribution in [0, 0.1) is 0 Å². The van der Waals surface area contributed by atoms with Crippen molar-refractivity contribution in [3.8, 4) is 0 Å². The molecular weight excluding hydrogens is 266 g/mol. The van der Waals surface area contributed by atoms with Gasteiger partial charge in [0.2, 0.25) is 5.91 Å². The normalized spacial score (nSPS) is 11.4. The summed E-state index contributed by atoms with van der Waals surface area (Å²) < 4.78 is 4.85. The summed E-state index contributed by atoms with van der Waals surface area (Å²) in [7, 11) is 0. The van der Waals surface area contributed by atoms with Crippen LogP contribution >= 0.6 is 0 Å². The highest BCUT2D eigenvalue weighted by molar-refractivity contribution is 5.86. The van der Waals surface area contributed by atoms with Crippen molar-refractivity contribution in [1.29, 1.82) is 0 Å². The average molecular weight is 281 g/mol. The molecule has 0 radical (unpaired) electrons. The van der Waals surface area contributed by atoms with Crippen LogP contribution in [0.2, 0.25) is 0 Å². The van der Waals surface area contributed by atoms with Crippen LogP contribution in [-0.2, 0) is 20.9 Å². The van der Waals surface area contributed by atoms with E-state index in [1.807, 2.05) is 0 Å². The zero-order chi connectivity index (χ0) is 15.1. The number of rotatable bonds is 6. The Morgan fingerprint density at radius 2 is 1.85 bits per heavy atom. The number of primary amides is 1. The van der Waals surface area contributed by atoms with Crippen LogP contribution < -0.4 is 11.6 Å². The first kappa shape index (κ1) is 15.4. The number of hydrogen-bond donors (Lipinski definition) is 3. The van der Waals surface area contributed by atoms with E-state index in [0.29, 0.717) is 5.01 Å². The number of nitrogens with two attached hydrogens (primary N) is 2. The minimum absolute atomic E-state index is 0.0592. The van der Waals surface area contributed by atoms with E-state index >= 15 is 0 Å². The maximum Gasteiger partial charge on any atom is 0.425 e. The second-order valence-corrected chi connectivity index (χ2v) is 3.97. The highest BCUT2D eigenvalue weighted by atomic mass is 16.6. The molecule has 0 bridgehead atoms. The third kappa shape index (κ3) is 4.58. The van der Waals surface area contributed by atoms with E-state index < -0.39 is 30.4 Å². The molecule has 0 aromatic heterocycles. The van der Waals surface area contributed by atoms with Crippen molar-refractivity contribution in [1.82, 2.24) is 5.01 Å². The number of carboxylic acids is 1. The molecule has 1 aromatic carbocycles. The van der Waals surface area contributed by atoms with Gasteiger partial charge in [0.25, 0.3) is 0 Å². The molecule has 0 fully saturated rings. The number of ether oxygens (including phenoxy) is 1. The molecule has 1 aromatic rings. The summed E-state index contributed by atoms with van der Waals surface area (Å²) in [5.74, 6) is 3.02. The largest absolute Gasteiger partial charge is 0.480 e. The van der Waals surface area contributed by atoms with Crippen molar-refractivity contribution in [2.24, 2.45) is 11.6 Å². The first-order valence-corrected chi connectivity index (χ1v) is 5.67. The van der Waals surface area contributed by atoms with Gasteiger partial charge in [0.05, 0.1) is 6.42 Å². The minimum atomic E-state index is -1.56. The van der Waals surface area contributed by atoms with Crippen LogP contribution in [-0.4, -0.2) is 34.1 Å². The van der Waals surface area contributed by atoms with Gasteiger partial charge in [0, 0.05) is 0 Å². The molecule has 8 heteroatoms. The SMILES string of the molecule is NC(=O)C[C@@H](C(=O)O)N(N)C(=O)OCc1ccccc1. The number of aliphatic carboxylic acids is 1. The van der Waals surface area contributed by atoms with Gasteiger partial charge in [-0.2, -0.15) is 0 Å². The minimum Gasteiger partial charge on any atom is -0.480 e. The predicted molar refractivity (Wildman–Crippen MR) is 67.9 cm³/mol. The number of benzene rings is 1. The maximum atomic E-state index is 11.6. The van der Waals surface area contributed by atoms with Crippen molar-refractivity contribution in [2.45, 2.75) is 19.1 Å². The molecule has 0 saturated carbocycles.